The summed E-state index contributed by atoms with van der Waals surface area (Å²) in [7, 11) is -0.394. The number of rotatable bonds is 3. The number of benzene rings is 5. The Kier molecular flexibility index (Phi) is 5.43. The molecule has 42 heavy (non-hydrogen) atoms. The summed E-state index contributed by atoms with van der Waals surface area (Å²) in [5.41, 5.74) is 6.82. The number of nitrogens with zero attached hydrogens (tertiary/aromatic N) is 2. The van der Waals surface area contributed by atoms with Crippen molar-refractivity contribution in [3.05, 3.63) is 115 Å². The second-order valence-electron chi connectivity index (χ2n) is 12.3. The van der Waals surface area contributed by atoms with E-state index >= 15 is 0 Å². The molecule has 3 heterocycles. The van der Waals surface area contributed by atoms with Gasteiger partial charge >= 0.3 is 7.12 Å². The molecule has 1 saturated heterocycles. The normalized spacial score (nSPS) is 16.2. The minimum Gasteiger partial charge on any atom is -0.399 e. The van der Waals surface area contributed by atoms with Crippen LogP contribution in [0, 0.1) is 0 Å². The predicted molar refractivity (Wildman–Crippen MR) is 175 cm³/mol. The van der Waals surface area contributed by atoms with Crippen molar-refractivity contribution in [2.24, 2.45) is 0 Å². The molecule has 4 nitrogen and oxygen atoms in total. The van der Waals surface area contributed by atoms with E-state index < -0.39 is 7.12 Å². The van der Waals surface area contributed by atoms with Crippen LogP contribution in [0.25, 0.3) is 60.4 Å². The van der Waals surface area contributed by atoms with Crippen LogP contribution in [0.2, 0.25) is 0 Å². The molecule has 0 bridgehead atoms. The average molecular weight is 546 g/mol. The molecule has 1 aliphatic rings. The highest BCUT2D eigenvalue weighted by Crippen LogP contribution is 2.42. The molecule has 0 atom stereocenters. The van der Waals surface area contributed by atoms with Crippen molar-refractivity contribution in [1.29, 1.82) is 0 Å². The van der Waals surface area contributed by atoms with Crippen LogP contribution in [0.3, 0.4) is 0 Å². The van der Waals surface area contributed by atoms with Gasteiger partial charge in [-0.25, -0.2) is 4.98 Å². The Morgan fingerprint density at radius 1 is 0.571 bits per heavy atom. The SMILES string of the molecule is CC1(C)OB(c2ccc(-c3nc4ccccc4c4c3ccc3c4c4ccccc4n3-c3ccccc3)cc2)OC1(C)C. The van der Waals surface area contributed by atoms with Gasteiger partial charge in [0.05, 0.1) is 33.4 Å². The molecule has 0 N–H and O–H groups in total. The highest BCUT2D eigenvalue weighted by Gasteiger charge is 2.51. The zero-order valence-corrected chi connectivity index (χ0v) is 24.3. The van der Waals surface area contributed by atoms with Crippen molar-refractivity contribution in [2.45, 2.75) is 38.9 Å². The predicted octanol–water partition coefficient (Wildman–Crippen LogP) is 8.45. The largest absolute Gasteiger partial charge is 0.494 e. The van der Waals surface area contributed by atoms with Crippen molar-refractivity contribution in [2.75, 3.05) is 0 Å². The summed E-state index contributed by atoms with van der Waals surface area (Å²) >= 11 is 0. The molecule has 1 aliphatic heterocycles. The lowest BCUT2D eigenvalue weighted by Gasteiger charge is -2.32. The maximum absolute atomic E-state index is 6.31. The summed E-state index contributed by atoms with van der Waals surface area (Å²) in [4.78, 5) is 5.23. The molecule has 5 aromatic carbocycles. The van der Waals surface area contributed by atoms with Gasteiger partial charge in [0.15, 0.2) is 0 Å². The van der Waals surface area contributed by atoms with Gasteiger partial charge in [0.2, 0.25) is 0 Å². The van der Waals surface area contributed by atoms with Crippen molar-refractivity contribution in [3.63, 3.8) is 0 Å². The van der Waals surface area contributed by atoms with Crippen LogP contribution >= 0.6 is 0 Å². The fourth-order valence-corrected chi connectivity index (χ4v) is 6.35. The molecule has 1 fully saturated rings. The Labute approximate surface area is 245 Å². The van der Waals surface area contributed by atoms with E-state index in [1.54, 1.807) is 0 Å². The average Bonchev–Trinajstić information content (AvgIpc) is 3.46. The third-order valence-electron chi connectivity index (χ3n) is 9.22. The van der Waals surface area contributed by atoms with Crippen molar-refractivity contribution in [3.8, 4) is 16.9 Å². The summed E-state index contributed by atoms with van der Waals surface area (Å²) in [5.74, 6) is 0. The zero-order valence-electron chi connectivity index (χ0n) is 24.3. The van der Waals surface area contributed by atoms with Gasteiger partial charge in [-0.1, -0.05) is 84.9 Å². The molecular weight excluding hydrogens is 515 g/mol. The molecule has 0 radical (unpaired) electrons. The summed E-state index contributed by atoms with van der Waals surface area (Å²) < 4.78 is 15.0. The first-order valence-electron chi connectivity index (χ1n) is 14.6. The van der Waals surface area contributed by atoms with E-state index in [0.29, 0.717) is 0 Å². The molecule has 5 heteroatoms. The fourth-order valence-electron chi connectivity index (χ4n) is 6.35. The van der Waals surface area contributed by atoms with Crippen LogP contribution < -0.4 is 5.46 Å². The zero-order chi connectivity index (χ0) is 28.6. The van der Waals surface area contributed by atoms with Crippen molar-refractivity contribution in [1.82, 2.24) is 9.55 Å². The number of aromatic nitrogens is 2. The van der Waals surface area contributed by atoms with E-state index in [2.05, 4.69) is 148 Å². The number of fused-ring (bicyclic) bond motifs is 7. The molecule has 0 aliphatic carbocycles. The van der Waals surface area contributed by atoms with Crippen LogP contribution in [0.15, 0.2) is 115 Å². The topological polar surface area (TPSA) is 36.3 Å². The smallest absolute Gasteiger partial charge is 0.399 e. The Morgan fingerprint density at radius 3 is 1.95 bits per heavy atom. The fraction of sp³-hybridized carbons (Fsp3) is 0.162. The first-order chi connectivity index (χ1) is 20.3. The number of hydrogen-bond acceptors (Lipinski definition) is 3. The molecule has 8 rings (SSSR count). The molecule has 0 unspecified atom stereocenters. The first-order valence-corrected chi connectivity index (χ1v) is 14.6. The van der Waals surface area contributed by atoms with Gasteiger partial charge in [-0.3, -0.25) is 0 Å². The monoisotopic (exact) mass is 546 g/mol. The van der Waals surface area contributed by atoms with Crippen molar-refractivity contribution < 1.29 is 9.31 Å². The Hall–Kier alpha value is -4.45. The quantitative estimate of drug-likeness (QED) is 0.165. The van der Waals surface area contributed by atoms with Gasteiger partial charge in [-0.2, -0.15) is 0 Å². The van der Waals surface area contributed by atoms with E-state index in [1.807, 2.05) is 0 Å². The second kappa shape index (κ2) is 9.03. The number of hydrogen-bond donors (Lipinski definition) is 0. The molecule has 7 aromatic rings. The first kappa shape index (κ1) is 25.3. The van der Waals surface area contributed by atoms with Gasteiger partial charge in [0, 0.05) is 38.2 Å². The number of pyridine rings is 1. The summed E-state index contributed by atoms with van der Waals surface area (Å²) in [6, 6.07) is 40.8. The van der Waals surface area contributed by atoms with E-state index in [4.69, 9.17) is 14.3 Å². The molecule has 204 valence electrons. The Bertz CT molecular complexity index is 2130. The Morgan fingerprint density at radius 2 is 1.21 bits per heavy atom. The molecule has 0 saturated carbocycles. The maximum atomic E-state index is 6.31. The minimum absolute atomic E-state index is 0.378. The van der Waals surface area contributed by atoms with Crippen LogP contribution in [0.1, 0.15) is 27.7 Å². The summed E-state index contributed by atoms with van der Waals surface area (Å²) in [6.45, 7) is 8.34. The van der Waals surface area contributed by atoms with E-state index in [0.717, 1.165) is 38.7 Å². The van der Waals surface area contributed by atoms with Crippen LogP contribution in [-0.2, 0) is 9.31 Å². The standard InChI is InChI=1S/C37H31BN2O2/c1-36(2)37(3,4)42-38(41-36)25-20-18-24(19-21-25)35-29-22-23-32-34(33(29)27-14-8-10-16-30(27)39-35)28-15-9-11-17-31(28)40(32)26-12-6-5-7-13-26/h5-23H,1-4H3. The molecular formula is C37H31BN2O2. The second-order valence-corrected chi connectivity index (χ2v) is 12.3. The van der Waals surface area contributed by atoms with Crippen LogP contribution in [0.5, 0.6) is 0 Å². The van der Waals surface area contributed by atoms with E-state index in [1.165, 1.54) is 27.2 Å². The molecule has 2 aromatic heterocycles. The highest BCUT2D eigenvalue weighted by molar-refractivity contribution is 6.62. The lowest BCUT2D eigenvalue weighted by Crippen LogP contribution is -2.41. The van der Waals surface area contributed by atoms with Gasteiger partial charge in [-0.05, 0) is 63.5 Å². The lowest BCUT2D eigenvalue weighted by atomic mass is 9.78. The maximum Gasteiger partial charge on any atom is 0.494 e. The van der Waals surface area contributed by atoms with Gasteiger partial charge in [0.25, 0.3) is 0 Å². The highest BCUT2D eigenvalue weighted by atomic mass is 16.7. The van der Waals surface area contributed by atoms with E-state index in [9.17, 15) is 0 Å². The third-order valence-corrected chi connectivity index (χ3v) is 9.22. The van der Waals surface area contributed by atoms with Gasteiger partial charge in [-0.15, -0.1) is 0 Å². The lowest BCUT2D eigenvalue weighted by molar-refractivity contribution is 0.00578. The molecule has 0 spiro atoms. The van der Waals surface area contributed by atoms with E-state index in [-0.39, 0.29) is 11.2 Å². The van der Waals surface area contributed by atoms with Gasteiger partial charge < -0.3 is 13.9 Å². The Balaban J connectivity index is 1.38. The summed E-state index contributed by atoms with van der Waals surface area (Å²) in [5, 5.41) is 6.02. The van der Waals surface area contributed by atoms with Gasteiger partial charge in [0.1, 0.15) is 0 Å². The molecule has 0 amide bonds. The minimum atomic E-state index is -0.394. The van der Waals surface area contributed by atoms with Crippen LogP contribution in [-0.4, -0.2) is 27.9 Å². The number of para-hydroxylation sites is 3. The summed E-state index contributed by atoms with van der Waals surface area (Å²) in [6.07, 6.45) is 0. The van der Waals surface area contributed by atoms with Crippen LogP contribution in [0.4, 0.5) is 0 Å². The van der Waals surface area contributed by atoms with Crippen molar-refractivity contribution >= 4 is 56.1 Å². The third kappa shape index (κ3) is 3.67.